The van der Waals surface area contributed by atoms with Gasteiger partial charge >= 0.3 is 0 Å². The third-order valence-electron chi connectivity index (χ3n) is 1.86. The molecule has 14 heavy (non-hydrogen) atoms. The maximum absolute atomic E-state index is 5.48. The summed E-state index contributed by atoms with van der Waals surface area (Å²) < 4.78 is 7.45. The molecule has 0 radical (unpaired) electrons. The lowest BCUT2D eigenvalue weighted by Gasteiger charge is -2.04. The van der Waals surface area contributed by atoms with E-state index in [-0.39, 0.29) is 0 Å². The summed E-state index contributed by atoms with van der Waals surface area (Å²) in [4.78, 5) is 0. The molecule has 74 valence electrons. The molecule has 0 aliphatic carbocycles. The van der Waals surface area contributed by atoms with Gasteiger partial charge in [0.15, 0.2) is 0 Å². The minimum absolute atomic E-state index is 0.665. The Morgan fingerprint density at radius 1 is 1.57 bits per heavy atom. The summed E-state index contributed by atoms with van der Waals surface area (Å²) >= 11 is 5.67. The van der Waals surface area contributed by atoms with E-state index in [2.05, 4.69) is 48.7 Å². The fourth-order valence-electron chi connectivity index (χ4n) is 1.25. The predicted octanol–water partition coefficient (Wildman–Crippen LogP) is 3.33. The van der Waals surface area contributed by atoms with Crippen LogP contribution in [0.4, 0.5) is 0 Å². The molecule has 0 saturated carbocycles. The zero-order valence-electron chi connectivity index (χ0n) is 7.47. The highest BCUT2D eigenvalue weighted by Crippen LogP contribution is 2.31. The van der Waals surface area contributed by atoms with Crippen molar-refractivity contribution in [1.29, 1.82) is 0 Å². The van der Waals surface area contributed by atoms with Gasteiger partial charge in [0, 0.05) is 5.39 Å². The standard InChI is InChI=1S/C9H8BrIN2O/c1-2-14-8-3-5-7(4-6(8)10)12-13-9(5)11/h3-4H,2H2,1H3,(H,12,13). The number of halogens is 2. The fourth-order valence-corrected chi connectivity index (χ4v) is 2.25. The van der Waals surface area contributed by atoms with Gasteiger partial charge in [-0.15, -0.1) is 0 Å². The second-order valence-corrected chi connectivity index (χ2v) is 4.70. The summed E-state index contributed by atoms with van der Waals surface area (Å²) in [7, 11) is 0. The van der Waals surface area contributed by atoms with Crippen LogP contribution in [0.3, 0.4) is 0 Å². The molecule has 0 saturated heterocycles. The number of nitrogens with zero attached hydrogens (tertiary/aromatic N) is 1. The Bertz CT molecular complexity index is 469. The first-order valence-corrected chi connectivity index (χ1v) is 6.05. The average Bonchev–Trinajstić information content (AvgIpc) is 2.49. The van der Waals surface area contributed by atoms with Crippen molar-refractivity contribution in [2.45, 2.75) is 6.92 Å². The minimum atomic E-state index is 0.665. The maximum Gasteiger partial charge on any atom is 0.134 e. The van der Waals surface area contributed by atoms with Gasteiger partial charge in [0.2, 0.25) is 0 Å². The molecule has 2 aromatic rings. The van der Waals surface area contributed by atoms with Crippen LogP contribution in [0.2, 0.25) is 0 Å². The number of benzene rings is 1. The van der Waals surface area contributed by atoms with Crippen LogP contribution in [0, 0.1) is 3.70 Å². The van der Waals surface area contributed by atoms with Crippen LogP contribution < -0.4 is 4.74 Å². The van der Waals surface area contributed by atoms with Crippen molar-refractivity contribution >= 4 is 49.4 Å². The number of H-pyrrole nitrogens is 1. The van der Waals surface area contributed by atoms with Crippen LogP contribution in [0.5, 0.6) is 5.75 Å². The molecule has 0 amide bonds. The Labute approximate surface area is 103 Å². The molecule has 5 heteroatoms. The normalized spacial score (nSPS) is 10.8. The molecule has 0 spiro atoms. The third-order valence-corrected chi connectivity index (χ3v) is 3.30. The highest BCUT2D eigenvalue weighted by atomic mass is 127. The van der Waals surface area contributed by atoms with E-state index in [0.717, 1.165) is 24.8 Å². The molecular formula is C9H8BrIN2O. The second kappa shape index (κ2) is 4.06. The predicted molar refractivity (Wildman–Crippen MR) is 67.7 cm³/mol. The van der Waals surface area contributed by atoms with Crippen molar-refractivity contribution < 1.29 is 4.74 Å². The number of hydrogen-bond donors (Lipinski definition) is 1. The van der Waals surface area contributed by atoms with Crippen LogP contribution in [-0.4, -0.2) is 16.8 Å². The van der Waals surface area contributed by atoms with E-state index >= 15 is 0 Å². The smallest absolute Gasteiger partial charge is 0.134 e. The maximum atomic E-state index is 5.48. The first-order valence-electron chi connectivity index (χ1n) is 4.18. The topological polar surface area (TPSA) is 37.9 Å². The molecule has 0 aliphatic heterocycles. The van der Waals surface area contributed by atoms with E-state index < -0.39 is 0 Å². The molecule has 1 N–H and O–H groups in total. The van der Waals surface area contributed by atoms with E-state index in [1.807, 2.05) is 19.1 Å². The lowest BCUT2D eigenvalue weighted by Crippen LogP contribution is -1.92. The zero-order valence-corrected chi connectivity index (χ0v) is 11.2. The van der Waals surface area contributed by atoms with Gasteiger partial charge in [0.05, 0.1) is 16.6 Å². The molecule has 3 nitrogen and oxygen atoms in total. The highest BCUT2D eigenvalue weighted by molar-refractivity contribution is 14.1. The number of nitrogens with one attached hydrogen (secondary N) is 1. The van der Waals surface area contributed by atoms with Gasteiger partial charge in [-0.05, 0) is 57.6 Å². The lowest BCUT2D eigenvalue weighted by atomic mass is 10.2. The lowest BCUT2D eigenvalue weighted by molar-refractivity contribution is 0.338. The van der Waals surface area contributed by atoms with Gasteiger partial charge in [-0.3, -0.25) is 5.10 Å². The Morgan fingerprint density at radius 3 is 3.07 bits per heavy atom. The average molecular weight is 367 g/mol. The van der Waals surface area contributed by atoms with Gasteiger partial charge in [-0.1, -0.05) is 0 Å². The molecule has 0 aliphatic rings. The molecule has 0 bridgehead atoms. The van der Waals surface area contributed by atoms with Crippen molar-refractivity contribution in [2.24, 2.45) is 0 Å². The highest BCUT2D eigenvalue weighted by Gasteiger charge is 2.08. The van der Waals surface area contributed by atoms with Crippen LogP contribution >= 0.6 is 38.5 Å². The van der Waals surface area contributed by atoms with Crippen LogP contribution in [0.15, 0.2) is 16.6 Å². The molecule has 1 aromatic carbocycles. The summed E-state index contributed by atoms with van der Waals surface area (Å²) in [5, 5.41) is 8.19. The summed E-state index contributed by atoms with van der Waals surface area (Å²) in [5.41, 5.74) is 0.949. The van der Waals surface area contributed by atoms with Crippen molar-refractivity contribution in [3.8, 4) is 5.75 Å². The van der Waals surface area contributed by atoms with Gasteiger partial charge in [0.25, 0.3) is 0 Å². The number of hydrogen-bond acceptors (Lipinski definition) is 2. The summed E-state index contributed by atoms with van der Waals surface area (Å²) in [6.07, 6.45) is 0. The van der Waals surface area contributed by atoms with E-state index in [1.54, 1.807) is 0 Å². The van der Waals surface area contributed by atoms with Crippen molar-refractivity contribution in [3.63, 3.8) is 0 Å². The SMILES string of the molecule is CCOc1cc2c(I)[nH]nc2cc1Br. The third kappa shape index (κ3) is 1.75. The van der Waals surface area contributed by atoms with Crippen molar-refractivity contribution in [1.82, 2.24) is 10.2 Å². The molecule has 0 unspecified atom stereocenters. The van der Waals surface area contributed by atoms with E-state index in [9.17, 15) is 0 Å². The molecule has 1 heterocycles. The number of aromatic nitrogens is 2. The Kier molecular flexibility index (Phi) is 2.96. The fraction of sp³-hybridized carbons (Fsp3) is 0.222. The van der Waals surface area contributed by atoms with Crippen LogP contribution in [0.1, 0.15) is 6.92 Å². The van der Waals surface area contributed by atoms with Gasteiger partial charge in [-0.2, -0.15) is 5.10 Å². The number of ether oxygens (including phenoxy) is 1. The number of rotatable bonds is 2. The first-order chi connectivity index (χ1) is 6.72. The van der Waals surface area contributed by atoms with Crippen LogP contribution in [-0.2, 0) is 0 Å². The van der Waals surface area contributed by atoms with Crippen LogP contribution in [0.25, 0.3) is 10.9 Å². The van der Waals surface area contributed by atoms with E-state index in [1.165, 1.54) is 0 Å². The van der Waals surface area contributed by atoms with Gasteiger partial charge < -0.3 is 4.74 Å². The Balaban J connectivity index is 2.61. The monoisotopic (exact) mass is 366 g/mol. The van der Waals surface area contributed by atoms with E-state index in [4.69, 9.17) is 4.74 Å². The van der Waals surface area contributed by atoms with E-state index in [0.29, 0.717) is 6.61 Å². The molecule has 0 atom stereocenters. The zero-order chi connectivity index (χ0) is 10.1. The Hall–Kier alpha value is -0.300. The summed E-state index contributed by atoms with van der Waals surface area (Å²) in [6.45, 7) is 2.63. The van der Waals surface area contributed by atoms with Crippen molar-refractivity contribution in [3.05, 3.63) is 20.3 Å². The van der Waals surface area contributed by atoms with Gasteiger partial charge in [-0.25, -0.2) is 0 Å². The molecule has 1 aromatic heterocycles. The largest absolute Gasteiger partial charge is 0.493 e. The second-order valence-electron chi connectivity index (χ2n) is 2.77. The number of aromatic amines is 1. The first kappa shape index (κ1) is 10.2. The minimum Gasteiger partial charge on any atom is -0.493 e. The molecule has 0 fully saturated rings. The Morgan fingerprint density at radius 2 is 2.36 bits per heavy atom. The van der Waals surface area contributed by atoms with Gasteiger partial charge in [0.1, 0.15) is 9.45 Å². The summed E-state index contributed by atoms with van der Waals surface area (Å²) in [5.74, 6) is 0.860. The molecular weight excluding hydrogens is 359 g/mol. The number of fused-ring (bicyclic) bond motifs is 1. The molecule has 2 rings (SSSR count). The van der Waals surface area contributed by atoms with Crippen molar-refractivity contribution in [2.75, 3.05) is 6.61 Å². The quantitative estimate of drug-likeness (QED) is 0.828. The summed E-state index contributed by atoms with van der Waals surface area (Å²) in [6, 6.07) is 3.95.